The number of hydrogen-bond donors (Lipinski definition) is 0. The Morgan fingerprint density at radius 3 is 2.21 bits per heavy atom. The van der Waals surface area contributed by atoms with Gasteiger partial charge >= 0.3 is 5.97 Å². The van der Waals surface area contributed by atoms with Crippen LogP contribution in [-0.4, -0.2) is 23.3 Å². The van der Waals surface area contributed by atoms with E-state index < -0.39 is 11.0 Å². The van der Waals surface area contributed by atoms with Crippen LogP contribution in [0, 0.1) is 0 Å². The molecule has 0 bridgehead atoms. The Hall–Kier alpha value is -4.40. The highest BCUT2D eigenvalue weighted by Gasteiger charge is 2.56. The summed E-state index contributed by atoms with van der Waals surface area (Å²) < 4.78 is 6.40. The van der Waals surface area contributed by atoms with Crippen LogP contribution in [0.2, 0.25) is 0 Å². The maximum atomic E-state index is 13.2. The van der Waals surface area contributed by atoms with Crippen LogP contribution >= 0.6 is 27.7 Å². The van der Waals surface area contributed by atoms with Crippen molar-refractivity contribution in [1.29, 1.82) is 0 Å². The minimum atomic E-state index is -1.05. The highest BCUT2D eigenvalue weighted by Crippen LogP contribution is 2.55. The van der Waals surface area contributed by atoms with Crippen LogP contribution in [0.4, 0.5) is 11.4 Å². The first-order valence-corrected chi connectivity index (χ1v) is 15.2. The van der Waals surface area contributed by atoms with Crippen molar-refractivity contribution in [2.75, 3.05) is 16.6 Å². The largest absolute Gasteiger partial charge is 0.461 e. The molecule has 0 aliphatic carbocycles. The van der Waals surface area contributed by atoms with E-state index in [-0.39, 0.29) is 11.7 Å². The Labute approximate surface area is 256 Å². The van der Waals surface area contributed by atoms with Gasteiger partial charge in [0, 0.05) is 21.2 Å². The van der Waals surface area contributed by atoms with Crippen molar-refractivity contribution in [3.05, 3.63) is 142 Å². The number of ether oxygens (including phenoxy) is 1. The number of hydrogen-bond acceptors (Lipinski definition) is 7. The Morgan fingerprint density at radius 2 is 1.40 bits per heavy atom. The van der Waals surface area contributed by atoms with E-state index in [2.05, 4.69) is 64.5 Å². The van der Waals surface area contributed by atoms with E-state index in [4.69, 9.17) is 14.9 Å². The van der Waals surface area contributed by atoms with Crippen LogP contribution in [0.5, 0.6) is 0 Å². The summed E-state index contributed by atoms with van der Waals surface area (Å²) in [6.07, 6.45) is 0. The van der Waals surface area contributed by atoms with E-state index >= 15 is 0 Å². The predicted molar refractivity (Wildman–Crippen MR) is 175 cm³/mol. The third-order valence-corrected chi connectivity index (χ3v) is 9.12. The van der Waals surface area contributed by atoms with Gasteiger partial charge in [-0.05, 0) is 65.9 Å². The van der Waals surface area contributed by atoms with Crippen LogP contribution in [0.3, 0.4) is 0 Å². The number of benzene rings is 5. The zero-order valence-electron chi connectivity index (χ0n) is 22.6. The Kier molecular flexibility index (Phi) is 6.80. The summed E-state index contributed by atoms with van der Waals surface area (Å²) in [5.41, 5.74) is 5.47. The van der Waals surface area contributed by atoms with Crippen LogP contribution in [0.15, 0.2) is 136 Å². The van der Waals surface area contributed by atoms with Crippen LogP contribution in [-0.2, 0) is 14.5 Å². The number of rotatable bonds is 5. The van der Waals surface area contributed by atoms with E-state index in [1.165, 1.54) is 11.8 Å². The molecule has 1 atom stereocenters. The molecule has 5 aromatic rings. The summed E-state index contributed by atoms with van der Waals surface area (Å²) in [7, 11) is 0. The molecule has 2 aliphatic rings. The first-order valence-electron chi connectivity index (χ1n) is 13.6. The van der Waals surface area contributed by atoms with E-state index in [0.717, 1.165) is 49.0 Å². The summed E-state index contributed by atoms with van der Waals surface area (Å²) in [4.78, 5) is 12.2. The second-order valence-corrected chi connectivity index (χ2v) is 11.9. The molecule has 1 spiro atoms. The number of hydrazone groups is 2. The maximum Gasteiger partial charge on any atom is 0.365 e. The molecule has 0 amide bonds. The van der Waals surface area contributed by atoms with Gasteiger partial charge in [0.05, 0.1) is 23.7 Å². The number of fused-ring (bicyclic) bond motifs is 3. The number of halogens is 1. The number of para-hydroxylation sites is 1. The minimum Gasteiger partial charge on any atom is -0.461 e. The third kappa shape index (κ3) is 4.30. The topological polar surface area (TPSA) is 57.5 Å². The molecule has 2 aliphatic heterocycles. The standard InChI is InChI=1S/C34H25BrN4O2S/c1-2-41-33(40)32-37-39(26-21-19-24(35)20-22-26)34(42-32)30-18-9-8-16-29(30)31(36-38(34)25-13-4-3-5-14-25)28-17-10-12-23-11-6-7-15-27(23)28/h3-22H,2H2,1H3/t34-/m1/s1. The van der Waals surface area contributed by atoms with Gasteiger partial charge in [-0.2, -0.15) is 10.2 Å². The molecule has 42 heavy (non-hydrogen) atoms. The second-order valence-electron chi connectivity index (χ2n) is 9.79. The molecule has 0 fully saturated rings. The summed E-state index contributed by atoms with van der Waals surface area (Å²) in [6.45, 7) is 2.05. The third-order valence-electron chi connectivity index (χ3n) is 7.30. The normalized spacial score (nSPS) is 17.7. The molecule has 0 saturated heterocycles. The molecule has 0 saturated carbocycles. The van der Waals surface area contributed by atoms with Gasteiger partial charge in [0.1, 0.15) is 0 Å². The fourth-order valence-electron chi connectivity index (χ4n) is 5.49. The zero-order chi connectivity index (χ0) is 28.7. The van der Waals surface area contributed by atoms with Crippen molar-refractivity contribution in [3.8, 4) is 0 Å². The molecule has 0 unspecified atom stereocenters. The lowest BCUT2D eigenvalue weighted by atomic mass is 9.91. The lowest BCUT2D eigenvalue weighted by Gasteiger charge is -2.47. The molecule has 8 heteroatoms. The van der Waals surface area contributed by atoms with Crippen molar-refractivity contribution in [3.63, 3.8) is 0 Å². The minimum absolute atomic E-state index is 0.256. The van der Waals surface area contributed by atoms with Gasteiger partial charge in [-0.15, -0.1) is 0 Å². The molecule has 5 aromatic carbocycles. The predicted octanol–water partition coefficient (Wildman–Crippen LogP) is 8.12. The van der Waals surface area contributed by atoms with E-state index in [9.17, 15) is 4.79 Å². The summed E-state index contributed by atoms with van der Waals surface area (Å²) in [5.74, 6) is -0.462. The summed E-state index contributed by atoms with van der Waals surface area (Å²) in [6, 6.07) is 40.9. The number of carbonyl (C=O) groups is 1. The number of nitrogens with zero attached hydrogens (tertiary/aromatic N) is 4. The molecule has 7 rings (SSSR count). The van der Waals surface area contributed by atoms with E-state index in [1.54, 1.807) is 6.92 Å². The first kappa shape index (κ1) is 26.5. The van der Waals surface area contributed by atoms with Crippen molar-refractivity contribution < 1.29 is 9.53 Å². The molecular formula is C34H25BrN4O2S. The smallest absolute Gasteiger partial charge is 0.365 e. The van der Waals surface area contributed by atoms with Crippen LogP contribution in [0.1, 0.15) is 23.6 Å². The Bertz CT molecular complexity index is 1870. The highest BCUT2D eigenvalue weighted by atomic mass is 79.9. The highest BCUT2D eigenvalue weighted by molar-refractivity contribution is 9.10. The van der Waals surface area contributed by atoms with Gasteiger partial charge in [0.25, 0.3) is 0 Å². The number of esters is 1. The maximum absolute atomic E-state index is 13.2. The van der Waals surface area contributed by atoms with Crippen molar-refractivity contribution >= 4 is 66.6 Å². The van der Waals surface area contributed by atoms with Crippen LogP contribution < -0.4 is 10.0 Å². The number of carbonyl (C=O) groups excluding carboxylic acids is 1. The fourth-order valence-corrected chi connectivity index (χ4v) is 7.04. The summed E-state index contributed by atoms with van der Waals surface area (Å²) >= 11 is 4.90. The summed E-state index contributed by atoms with van der Waals surface area (Å²) in [5, 5.41) is 16.8. The quantitative estimate of drug-likeness (QED) is 0.183. The van der Waals surface area contributed by atoms with Gasteiger partial charge in [-0.25, -0.2) is 14.8 Å². The Balaban J connectivity index is 1.53. The second kappa shape index (κ2) is 10.8. The SMILES string of the molecule is CCOC(=O)C1=NN(c2ccc(Br)cc2)[C@@]2(S1)c1ccccc1C(c1cccc3ccccc13)=NN2c1ccccc1. The molecule has 6 nitrogen and oxygen atoms in total. The van der Waals surface area contributed by atoms with Gasteiger partial charge < -0.3 is 4.74 Å². The van der Waals surface area contributed by atoms with E-state index in [0.29, 0.717) is 0 Å². The number of thioether (sulfide) groups is 1. The first-order chi connectivity index (χ1) is 20.6. The van der Waals surface area contributed by atoms with Crippen molar-refractivity contribution in [1.82, 2.24) is 0 Å². The lowest BCUT2D eigenvalue weighted by molar-refractivity contribution is -0.134. The zero-order valence-corrected chi connectivity index (χ0v) is 25.0. The van der Waals surface area contributed by atoms with Gasteiger partial charge in [-0.1, -0.05) is 101 Å². The average molecular weight is 634 g/mol. The van der Waals surface area contributed by atoms with Gasteiger partial charge in [0.2, 0.25) is 10.0 Å². The van der Waals surface area contributed by atoms with E-state index in [1.807, 2.05) is 82.8 Å². The molecule has 0 N–H and O–H groups in total. The molecular weight excluding hydrogens is 608 g/mol. The van der Waals surface area contributed by atoms with Crippen LogP contribution in [0.25, 0.3) is 10.8 Å². The molecule has 206 valence electrons. The Morgan fingerprint density at radius 1 is 0.762 bits per heavy atom. The molecule has 0 radical (unpaired) electrons. The van der Waals surface area contributed by atoms with Gasteiger partial charge in [0.15, 0.2) is 0 Å². The van der Waals surface area contributed by atoms with Crippen molar-refractivity contribution in [2.24, 2.45) is 10.2 Å². The molecule has 0 aromatic heterocycles. The average Bonchev–Trinajstić information content (AvgIpc) is 3.43. The molecule has 2 heterocycles. The van der Waals surface area contributed by atoms with Gasteiger partial charge in [-0.3, -0.25) is 0 Å². The monoisotopic (exact) mass is 632 g/mol. The fraction of sp³-hybridized carbons (Fsp3) is 0.0882. The number of anilines is 2. The lowest BCUT2D eigenvalue weighted by Crippen LogP contribution is -2.54. The van der Waals surface area contributed by atoms with Crippen molar-refractivity contribution in [2.45, 2.75) is 11.9 Å².